The van der Waals surface area contributed by atoms with Crippen molar-refractivity contribution in [3.63, 3.8) is 0 Å². The maximum absolute atomic E-state index is 14.2. The van der Waals surface area contributed by atoms with Gasteiger partial charge in [-0.3, -0.25) is 0 Å². The molecular formula is C17H20F2N2O4S. The molecule has 2 N–H and O–H groups in total. The molecule has 1 aromatic carbocycles. The van der Waals surface area contributed by atoms with Gasteiger partial charge in [0.05, 0.1) is 30.4 Å². The number of hydrogen-bond acceptors (Lipinski definition) is 5. The number of benzene rings is 1. The van der Waals surface area contributed by atoms with Gasteiger partial charge in [0.15, 0.2) is 4.90 Å². The van der Waals surface area contributed by atoms with Crippen molar-refractivity contribution in [3.05, 3.63) is 29.3 Å². The number of nitriles is 1. The van der Waals surface area contributed by atoms with E-state index in [0.717, 1.165) is 12.8 Å². The molecule has 2 fully saturated rings. The summed E-state index contributed by atoms with van der Waals surface area (Å²) in [5, 5.41) is 18.6. The van der Waals surface area contributed by atoms with Crippen molar-refractivity contribution in [1.29, 1.82) is 5.26 Å². The largest absolute Gasteiger partial charge is 0.396 e. The van der Waals surface area contributed by atoms with Crippen molar-refractivity contribution in [1.82, 2.24) is 4.72 Å². The first-order valence-corrected chi connectivity index (χ1v) is 9.95. The molecule has 1 aliphatic carbocycles. The average molecular weight is 386 g/mol. The first-order valence-electron chi connectivity index (χ1n) is 8.47. The van der Waals surface area contributed by atoms with Crippen LogP contribution in [0.2, 0.25) is 0 Å². The molecule has 0 spiro atoms. The van der Waals surface area contributed by atoms with Crippen molar-refractivity contribution in [2.24, 2.45) is 5.41 Å². The Bertz CT molecular complexity index is 799. The number of nitrogens with zero attached hydrogens (tertiary/aromatic N) is 1. The lowest BCUT2D eigenvalue weighted by atomic mass is 9.63. The number of aliphatic hydroxyl groups is 1. The standard InChI is InChI=1S/C17H20F2N2O4S/c18-12-7-11(9-20)8-13(19)15(12)26(23,24)21-16(14-3-1-6-25-14)17(10-22)4-2-5-17/h7-8,14,16,21-22H,1-6,10H2/t14-,16+/m0/s1. The second-order valence-corrected chi connectivity index (χ2v) is 8.56. The van der Waals surface area contributed by atoms with Crippen molar-refractivity contribution < 1.29 is 27.0 Å². The molecular weight excluding hydrogens is 366 g/mol. The van der Waals surface area contributed by atoms with Crippen LogP contribution in [0.3, 0.4) is 0 Å². The first-order chi connectivity index (χ1) is 12.3. The van der Waals surface area contributed by atoms with Gasteiger partial charge in [-0.1, -0.05) is 6.42 Å². The molecule has 1 heterocycles. The van der Waals surface area contributed by atoms with E-state index in [0.29, 0.717) is 38.0 Å². The smallest absolute Gasteiger partial charge is 0.246 e. The second kappa shape index (κ2) is 7.19. The molecule has 1 aromatic rings. The van der Waals surface area contributed by atoms with Gasteiger partial charge in [0, 0.05) is 12.0 Å². The van der Waals surface area contributed by atoms with Crippen LogP contribution in [0, 0.1) is 28.4 Å². The molecule has 0 amide bonds. The lowest BCUT2D eigenvalue weighted by Gasteiger charge is -2.48. The fraction of sp³-hybridized carbons (Fsp3) is 0.588. The minimum atomic E-state index is -4.55. The zero-order valence-corrected chi connectivity index (χ0v) is 14.9. The summed E-state index contributed by atoms with van der Waals surface area (Å²) in [7, 11) is -4.55. The summed E-state index contributed by atoms with van der Waals surface area (Å²) in [6, 6.07) is 2.17. The Morgan fingerprint density at radius 1 is 1.35 bits per heavy atom. The molecule has 2 aliphatic rings. The molecule has 6 nitrogen and oxygen atoms in total. The zero-order chi connectivity index (χ0) is 18.9. The number of ether oxygens (including phenoxy) is 1. The first kappa shape index (κ1) is 19.2. The lowest BCUT2D eigenvalue weighted by molar-refractivity contribution is -0.0429. The van der Waals surface area contributed by atoms with E-state index in [-0.39, 0.29) is 12.2 Å². The van der Waals surface area contributed by atoms with Gasteiger partial charge >= 0.3 is 0 Å². The van der Waals surface area contributed by atoms with Gasteiger partial charge in [0.1, 0.15) is 11.6 Å². The normalized spacial score (nSPS) is 23.2. The SMILES string of the molecule is N#Cc1cc(F)c(S(=O)(=O)N[C@H]([C@@H]2CCCO2)C2(CO)CCC2)c(F)c1. The highest BCUT2D eigenvalue weighted by Gasteiger charge is 2.50. The predicted molar refractivity (Wildman–Crippen MR) is 87.5 cm³/mol. The number of rotatable bonds is 6. The molecule has 0 unspecified atom stereocenters. The van der Waals surface area contributed by atoms with E-state index in [2.05, 4.69) is 4.72 Å². The van der Waals surface area contributed by atoms with Gasteiger partial charge in [-0.25, -0.2) is 21.9 Å². The van der Waals surface area contributed by atoms with Crippen LogP contribution in [-0.4, -0.2) is 38.9 Å². The second-order valence-electron chi connectivity index (χ2n) is 6.91. The molecule has 0 radical (unpaired) electrons. The molecule has 26 heavy (non-hydrogen) atoms. The van der Waals surface area contributed by atoms with Gasteiger partial charge in [-0.15, -0.1) is 0 Å². The summed E-state index contributed by atoms with van der Waals surface area (Å²) >= 11 is 0. The minimum Gasteiger partial charge on any atom is -0.396 e. The Morgan fingerprint density at radius 3 is 2.42 bits per heavy atom. The van der Waals surface area contributed by atoms with E-state index >= 15 is 0 Å². The number of halogens is 2. The van der Waals surface area contributed by atoms with E-state index < -0.39 is 44.1 Å². The number of aliphatic hydroxyl groups excluding tert-OH is 1. The Hall–Kier alpha value is -1.60. The van der Waals surface area contributed by atoms with Gasteiger partial charge < -0.3 is 9.84 Å². The monoisotopic (exact) mass is 386 g/mol. The maximum atomic E-state index is 14.2. The predicted octanol–water partition coefficient (Wildman–Crippen LogP) is 1.82. The maximum Gasteiger partial charge on any atom is 0.246 e. The van der Waals surface area contributed by atoms with Crippen LogP contribution in [0.4, 0.5) is 8.78 Å². The van der Waals surface area contributed by atoms with Crippen LogP contribution in [0.5, 0.6) is 0 Å². The van der Waals surface area contributed by atoms with Crippen LogP contribution in [0.25, 0.3) is 0 Å². The quantitative estimate of drug-likeness (QED) is 0.777. The van der Waals surface area contributed by atoms with E-state index in [1.54, 1.807) is 6.07 Å². The molecule has 0 bridgehead atoms. The van der Waals surface area contributed by atoms with E-state index in [9.17, 15) is 22.3 Å². The van der Waals surface area contributed by atoms with E-state index in [4.69, 9.17) is 10.00 Å². The third-order valence-electron chi connectivity index (χ3n) is 5.34. The molecule has 0 aromatic heterocycles. The fourth-order valence-electron chi connectivity index (χ4n) is 3.77. The third-order valence-corrected chi connectivity index (χ3v) is 6.83. The summed E-state index contributed by atoms with van der Waals surface area (Å²) in [6.45, 7) is 0.238. The zero-order valence-electron chi connectivity index (χ0n) is 14.0. The Balaban J connectivity index is 1.97. The summed E-state index contributed by atoms with van der Waals surface area (Å²) in [4.78, 5) is -1.12. The highest BCUT2D eigenvalue weighted by atomic mass is 32.2. The van der Waals surface area contributed by atoms with Crippen LogP contribution >= 0.6 is 0 Å². The summed E-state index contributed by atoms with van der Waals surface area (Å²) < 4.78 is 61.9. The number of nitrogens with one attached hydrogen (secondary N) is 1. The van der Waals surface area contributed by atoms with Crippen LogP contribution in [0.1, 0.15) is 37.7 Å². The average Bonchev–Trinajstić information content (AvgIpc) is 3.06. The molecule has 2 atom stereocenters. The van der Waals surface area contributed by atoms with Gasteiger partial charge in [0.2, 0.25) is 10.0 Å². The Kier molecular flexibility index (Phi) is 5.30. The Labute approximate surface area is 150 Å². The van der Waals surface area contributed by atoms with Crippen molar-refractivity contribution in [3.8, 4) is 6.07 Å². The minimum absolute atomic E-state index is 0.238. The molecule has 1 saturated carbocycles. The van der Waals surface area contributed by atoms with Crippen LogP contribution in [-0.2, 0) is 14.8 Å². The molecule has 142 valence electrons. The molecule has 1 aliphatic heterocycles. The number of sulfonamides is 1. The van der Waals surface area contributed by atoms with Gasteiger partial charge in [-0.2, -0.15) is 5.26 Å². The van der Waals surface area contributed by atoms with Gasteiger partial charge in [0.25, 0.3) is 0 Å². The topological polar surface area (TPSA) is 99.4 Å². The van der Waals surface area contributed by atoms with Gasteiger partial charge in [-0.05, 0) is 37.8 Å². The third kappa shape index (κ3) is 3.34. The molecule has 9 heteroatoms. The lowest BCUT2D eigenvalue weighted by Crippen LogP contribution is -2.58. The van der Waals surface area contributed by atoms with Crippen molar-refractivity contribution in [2.45, 2.75) is 49.1 Å². The van der Waals surface area contributed by atoms with Crippen LogP contribution in [0.15, 0.2) is 17.0 Å². The molecule has 3 rings (SSSR count). The van der Waals surface area contributed by atoms with Crippen LogP contribution < -0.4 is 4.72 Å². The highest BCUT2D eigenvalue weighted by Crippen LogP contribution is 2.46. The summed E-state index contributed by atoms with van der Waals surface area (Å²) in [6.07, 6.45) is 2.95. The van der Waals surface area contributed by atoms with Crippen molar-refractivity contribution in [2.75, 3.05) is 13.2 Å². The van der Waals surface area contributed by atoms with Crippen molar-refractivity contribution >= 4 is 10.0 Å². The summed E-state index contributed by atoms with van der Waals surface area (Å²) in [5.41, 5.74) is -0.998. The fourth-order valence-corrected chi connectivity index (χ4v) is 5.25. The van der Waals surface area contributed by atoms with E-state index in [1.807, 2.05) is 0 Å². The summed E-state index contributed by atoms with van der Waals surface area (Å²) in [5.74, 6) is -2.65. The molecule has 1 saturated heterocycles. The van der Waals surface area contributed by atoms with E-state index in [1.165, 1.54) is 0 Å². The Morgan fingerprint density at radius 2 is 2.00 bits per heavy atom. The number of hydrogen-bond donors (Lipinski definition) is 2. The highest BCUT2D eigenvalue weighted by molar-refractivity contribution is 7.89.